The van der Waals surface area contributed by atoms with Crippen LogP contribution < -0.4 is 5.32 Å². The molecule has 1 saturated carbocycles. The Bertz CT molecular complexity index is 295. The first-order valence-corrected chi connectivity index (χ1v) is 8.57. The minimum atomic E-state index is 0.279. The van der Waals surface area contributed by atoms with Crippen molar-refractivity contribution in [1.82, 2.24) is 15.1 Å². The molecule has 0 spiro atoms. The van der Waals surface area contributed by atoms with Crippen LogP contribution in [0, 0.1) is 11.8 Å². The molecule has 3 atom stereocenters. The summed E-state index contributed by atoms with van der Waals surface area (Å²) in [6, 6.07) is 0.727. The van der Waals surface area contributed by atoms with Crippen molar-refractivity contribution < 1.29 is 0 Å². The lowest BCUT2D eigenvalue weighted by molar-refractivity contribution is 0.0558. The summed E-state index contributed by atoms with van der Waals surface area (Å²) >= 11 is 0. The van der Waals surface area contributed by atoms with E-state index in [4.69, 9.17) is 0 Å². The van der Waals surface area contributed by atoms with Crippen LogP contribution in [-0.2, 0) is 0 Å². The maximum absolute atomic E-state index is 3.90. The van der Waals surface area contributed by atoms with Crippen LogP contribution in [0.15, 0.2) is 0 Å². The third kappa shape index (κ3) is 3.96. The number of hydrogen-bond acceptors (Lipinski definition) is 3. The van der Waals surface area contributed by atoms with Crippen molar-refractivity contribution >= 4 is 0 Å². The topological polar surface area (TPSA) is 18.5 Å². The zero-order chi connectivity index (χ0) is 14.8. The summed E-state index contributed by atoms with van der Waals surface area (Å²) < 4.78 is 0. The fourth-order valence-corrected chi connectivity index (χ4v) is 3.77. The second kappa shape index (κ2) is 6.76. The minimum absolute atomic E-state index is 0.279. The van der Waals surface area contributed by atoms with Gasteiger partial charge in [-0.1, -0.05) is 26.7 Å². The lowest BCUT2D eigenvalue weighted by Gasteiger charge is -2.45. The van der Waals surface area contributed by atoms with Crippen LogP contribution in [0.4, 0.5) is 0 Å². The summed E-state index contributed by atoms with van der Waals surface area (Å²) in [5.74, 6) is 1.71. The number of rotatable bonds is 4. The maximum atomic E-state index is 3.90. The Morgan fingerprint density at radius 1 is 1.05 bits per heavy atom. The molecule has 118 valence electrons. The molecule has 2 fully saturated rings. The van der Waals surface area contributed by atoms with Crippen LogP contribution in [0.2, 0.25) is 0 Å². The van der Waals surface area contributed by atoms with Crippen LogP contribution in [0.5, 0.6) is 0 Å². The minimum Gasteiger partial charge on any atom is -0.312 e. The van der Waals surface area contributed by atoms with Gasteiger partial charge in [-0.2, -0.15) is 0 Å². The summed E-state index contributed by atoms with van der Waals surface area (Å²) in [6.45, 7) is 15.6. The first-order valence-electron chi connectivity index (χ1n) is 8.57. The molecule has 1 N–H and O–H groups in total. The van der Waals surface area contributed by atoms with Crippen LogP contribution in [0.3, 0.4) is 0 Å². The van der Waals surface area contributed by atoms with Crippen molar-refractivity contribution in [3.8, 4) is 0 Å². The highest BCUT2D eigenvalue weighted by Crippen LogP contribution is 2.30. The molecule has 0 aromatic carbocycles. The molecule has 0 aromatic heterocycles. The van der Waals surface area contributed by atoms with E-state index < -0.39 is 0 Å². The van der Waals surface area contributed by atoms with Gasteiger partial charge < -0.3 is 10.2 Å². The number of nitrogens with zero attached hydrogens (tertiary/aromatic N) is 2. The van der Waals surface area contributed by atoms with Crippen molar-refractivity contribution in [2.24, 2.45) is 11.8 Å². The van der Waals surface area contributed by atoms with Gasteiger partial charge in [0.2, 0.25) is 0 Å². The predicted octanol–water partition coefficient (Wildman–Crippen LogP) is 2.43. The molecule has 3 heteroatoms. The number of nitrogens with one attached hydrogen (secondary N) is 1. The standard InChI is InChI=1S/C17H35N3/c1-14-7-6-8-16(15(14)2)18-13-17(3,4)20-11-9-19(5)10-12-20/h14-16,18H,6-13H2,1-5H3. The van der Waals surface area contributed by atoms with Gasteiger partial charge in [-0.25, -0.2) is 0 Å². The zero-order valence-electron chi connectivity index (χ0n) is 14.3. The third-order valence-corrected chi connectivity index (χ3v) is 5.86. The van der Waals surface area contributed by atoms with E-state index in [2.05, 4.69) is 49.9 Å². The maximum Gasteiger partial charge on any atom is 0.0278 e. The van der Waals surface area contributed by atoms with Crippen molar-refractivity contribution in [2.75, 3.05) is 39.8 Å². The van der Waals surface area contributed by atoms with Crippen LogP contribution >= 0.6 is 0 Å². The highest BCUT2D eigenvalue weighted by Gasteiger charge is 2.32. The van der Waals surface area contributed by atoms with Gasteiger partial charge in [-0.3, -0.25) is 4.90 Å². The summed E-state index contributed by atoms with van der Waals surface area (Å²) in [5, 5.41) is 3.90. The van der Waals surface area contributed by atoms with Gasteiger partial charge in [-0.05, 0) is 39.2 Å². The number of piperazine rings is 1. The van der Waals surface area contributed by atoms with Gasteiger partial charge in [0.05, 0.1) is 0 Å². The van der Waals surface area contributed by atoms with Crippen molar-refractivity contribution in [3.05, 3.63) is 0 Å². The Labute approximate surface area is 126 Å². The zero-order valence-corrected chi connectivity index (χ0v) is 14.3. The van der Waals surface area contributed by atoms with Crippen molar-refractivity contribution in [2.45, 2.75) is 58.5 Å². The van der Waals surface area contributed by atoms with E-state index in [9.17, 15) is 0 Å². The third-order valence-electron chi connectivity index (χ3n) is 5.86. The average Bonchev–Trinajstić information content (AvgIpc) is 2.41. The average molecular weight is 281 g/mol. The molecule has 20 heavy (non-hydrogen) atoms. The first-order chi connectivity index (χ1) is 9.40. The quantitative estimate of drug-likeness (QED) is 0.854. The molecule has 1 aliphatic heterocycles. The fraction of sp³-hybridized carbons (Fsp3) is 1.00. The molecule has 0 aromatic rings. The number of hydrogen-bond donors (Lipinski definition) is 1. The summed E-state index contributed by atoms with van der Waals surface area (Å²) in [5.41, 5.74) is 0.279. The van der Waals surface area contributed by atoms with Crippen molar-refractivity contribution in [1.29, 1.82) is 0 Å². The fourth-order valence-electron chi connectivity index (χ4n) is 3.77. The molecule has 3 unspecified atom stereocenters. The molecular formula is C17H35N3. The van der Waals surface area contributed by atoms with Crippen molar-refractivity contribution in [3.63, 3.8) is 0 Å². The first kappa shape index (κ1) is 16.3. The van der Waals surface area contributed by atoms with E-state index in [0.717, 1.165) is 24.4 Å². The predicted molar refractivity (Wildman–Crippen MR) is 87.1 cm³/mol. The Morgan fingerprint density at radius 3 is 2.35 bits per heavy atom. The van der Waals surface area contributed by atoms with Gasteiger partial charge in [0.25, 0.3) is 0 Å². The van der Waals surface area contributed by atoms with Gasteiger partial charge in [0, 0.05) is 44.3 Å². The monoisotopic (exact) mass is 281 g/mol. The van der Waals surface area contributed by atoms with Gasteiger partial charge in [-0.15, -0.1) is 0 Å². The molecule has 0 radical (unpaired) electrons. The highest BCUT2D eigenvalue weighted by atomic mass is 15.3. The smallest absolute Gasteiger partial charge is 0.0278 e. The largest absolute Gasteiger partial charge is 0.312 e. The van der Waals surface area contributed by atoms with E-state index in [1.807, 2.05) is 0 Å². The second-order valence-electron chi connectivity index (χ2n) is 7.86. The molecular weight excluding hydrogens is 246 g/mol. The molecule has 3 nitrogen and oxygen atoms in total. The van der Waals surface area contributed by atoms with Crippen LogP contribution in [-0.4, -0.2) is 61.2 Å². The summed E-state index contributed by atoms with van der Waals surface area (Å²) in [7, 11) is 2.23. The van der Waals surface area contributed by atoms with E-state index in [1.165, 1.54) is 45.4 Å². The van der Waals surface area contributed by atoms with E-state index in [-0.39, 0.29) is 5.54 Å². The molecule has 0 bridgehead atoms. The number of likely N-dealkylation sites (N-methyl/N-ethyl adjacent to an activating group) is 1. The molecule has 0 amide bonds. The molecule has 1 heterocycles. The molecule has 2 aliphatic rings. The summed E-state index contributed by atoms with van der Waals surface area (Å²) in [6.07, 6.45) is 4.18. The van der Waals surface area contributed by atoms with Crippen LogP contribution in [0.1, 0.15) is 47.0 Å². The second-order valence-corrected chi connectivity index (χ2v) is 7.86. The Hall–Kier alpha value is -0.120. The van der Waals surface area contributed by atoms with E-state index >= 15 is 0 Å². The SMILES string of the molecule is CC1CCCC(NCC(C)(C)N2CCN(C)CC2)C1C. The molecule has 2 rings (SSSR count). The molecule has 1 aliphatic carbocycles. The summed E-state index contributed by atoms with van der Waals surface area (Å²) in [4.78, 5) is 5.10. The Morgan fingerprint density at radius 2 is 1.70 bits per heavy atom. The molecule has 1 saturated heterocycles. The van der Waals surface area contributed by atoms with Gasteiger partial charge in [0.1, 0.15) is 0 Å². The van der Waals surface area contributed by atoms with Gasteiger partial charge in [0.15, 0.2) is 0 Å². The van der Waals surface area contributed by atoms with Gasteiger partial charge >= 0.3 is 0 Å². The van der Waals surface area contributed by atoms with Crippen LogP contribution in [0.25, 0.3) is 0 Å². The Balaban J connectivity index is 1.82. The normalized spacial score (nSPS) is 34.4. The lowest BCUT2D eigenvalue weighted by atomic mass is 9.78. The lowest BCUT2D eigenvalue weighted by Crippen LogP contribution is -2.58. The van der Waals surface area contributed by atoms with E-state index in [0.29, 0.717) is 0 Å². The highest BCUT2D eigenvalue weighted by molar-refractivity contribution is 4.90. The Kier molecular flexibility index (Phi) is 5.49. The van der Waals surface area contributed by atoms with E-state index in [1.54, 1.807) is 0 Å².